The summed E-state index contributed by atoms with van der Waals surface area (Å²) in [5, 5.41) is 0. The lowest BCUT2D eigenvalue weighted by molar-refractivity contribution is 0.105. The lowest BCUT2D eigenvalue weighted by Gasteiger charge is -2.01. The Kier molecular flexibility index (Phi) is 15.6. The summed E-state index contributed by atoms with van der Waals surface area (Å²) < 4.78 is 4.68. The van der Waals surface area contributed by atoms with Crippen molar-refractivity contribution in [1.82, 2.24) is 0 Å². The van der Waals surface area contributed by atoms with E-state index in [9.17, 15) is 0 Å². The molecular formula is C8H20BNO. The quantitative estimate of drug-likeness (QED) is 0.497. The highest BCUT2D eigenvalue weighted by atomic mass is 16.5. The molecule has 2 N–H and O–H groups in total. The van der Waals surface area contributed by atoms with Gasteiger partial charge in [0.1, 0.15) is 6.23 Å². The number of hydrogen-bond acceptors (Lipinski definition) is 2. The third kappa shape index (κ3) is 17.8. The number of hydrogen-bond donors (Lipinski definition) is 1. The van der Waals surface area contributed by atoms with Crippen molar-refractivity contribution < 1.29 is 4.74 Å². The van der Waals surface area contributed by atoms with Crippen LogP contribution in [0.4, 0.5) is 0 Å². The van der Waals surface area contributed by atoms with E-state index >= 15 is 0 Å². The molecule has 0 saturated carbocycles. The van der Waals surface area contributed by atoms with Gasteiger partial charge in [-0.15, -0.1) is 0 Å². The monoisotopic (exact) mass is 157 g/mol. The lowest BCUT2D eigenvalue weighted by atomic mass is 10.0. The summed E-state index contributed by atoms with van der Waals surface area (Å²) in [5.41, 5.74) is 5.25. The zero-order valence-electron chi connectivity index (χ0n) is 7.97. The SMILES string of the molecule is CCC(N)OC.[B]CCCC. The van der Waals surface area contributed by atoms with Crippen molar-refractivity contribution in [2.45, 2.75) is 45.7 Å². The van der Waals surface area contributed by atoms with Crippen LogP contribution >= 0.6 is 0 Å². The molecule has 0 aromatic carbocycles. The average Bonchev–Trinajstić information content (AvgIpc) is 2.06. The maximum atomic E-state index is 5.25. The molecule has 0 fully saturated rings. The minimum Gasteiger partial charge on any atom is -0.367 e. The van der Waals surface area contributed by atoms with Crippen molar-refractivity contribution in [3.8, 4) is 0 Å². The Balaban J connectivity index is 0. The molecule has 0 amide bonds. The van der Waals surface area contributed by atoms with Gasteiger partial charge in [0.2, 0.25) is 0 Å². The fourth-order valence-corrected chi connectivity index (χ4v) is 0.371. The Labute approximate surface area is 71.9 Å². The molecule has 0 aromatic rings. The molecule has 2 radical (unpaired) electrons. The second kappa shape index (κ2) is 12.6. The number of methoxy groups -OCH3 is 1. The molecular weight excluding hydrogens is 137 g/mol. The van der Waals surface area contributed by atoms with Gasteiger partial charge in [-0.25, -0.2) is 0 Å². The zero-order chi connectivity index (χ0) is 9.11. The van der Waals surface area contributed by atoms with E-state index in [-0.39, 0.29) is 6.23 Å². The van der Waals surface area contributed by atoms with Crippen LogP contribution in [0, 0.1) is 0 Å². The van der Waals surface area contributed by atoms with Crippen molar-refractivity contribution in [3.05, 3.63) is 0 Å². The highest BCUT2D eigenvalue weighted by Crippen LogP contribution is 1.86. The Morgan fingerprint density at radius 3 is 2.00 bits per heavy atom. The first-order valence-corrected chi connectivity index (χ1v) is 4.21. The molecule has 0 aromatic heterocycles. The predicted octanol–water partition coefficient (Wildman–Crippen LogP) is 1.70. The third-order valence-electron chi connectivity index (χ3n) is 1.26. The van der Waals surface area contributed by atoms with Gasteiger partial charge in [-0.3, -0.25) is 0 Å². The van der Waals surface area contributed by atoms with Gasteiger partial charge in [0, 0.05) is 7.11 Å². The average molecular weight is 157 g/mol. The fourth-order valence-electron chi connectivity index (χ4n) is 0.371. The number of ether oxygens (including phenoxy) is 1. The lowest BCUT2D eigenvalue weighted by Crippen LogP contribution is -2.19. The van der Waals surface area contributed by atoms with Crippen molar-refractivity contribution in [2.24, 2.45) is 5.73 Å². The van der Waals surface area contributed by atoms with Crippen LogP contribution < -0.4 is 5.73 Å². The van der Waals surface area contributed by atoms with E-state index < -0.39 is 0 Å². The van der Waals surface area contributed by atoms with Crippen LogP contribution in [0.5, 0.6) is 0 Å². The van der Waals surface area contributed by atoms with Crippen LogP contribution in [0.15, 0.2) is 0 Å². The van der Waals surface area contributed by atoms with Crippen LogP contribution in [0.3, 0.4) is 0 Å². The second-order valence-electron chi connectivity index (χ2n) is 2.32. The molecule has 3 heteroatoms. The predicted molar refractivity (Wildman–Crippen MR) is 50.7 cm³/mol. The van der Waals surface area contributed by atoms with Gasteiger partial charge in [-0.2, -0.15) is 0 Å². The molecule has 0 heterocycles. The summed E-state index contributed by atoms with van der Waals surface area (Å²) >= 11 is 0. The van der Waals surface area contributed by atoms with Crippen molar-refractivity contribution in [2.75, 3.05) is 7.11 Å². The van der Waals surface area contributed by atoms with Crippen LogP contribution in [0.25, 0.3) is 0 Å². The molecule has 0 rings (SSSR count). The third-order valence-corrected chi connectivity index (χ3v) is 1.26. The number of nitrogens with two attached hydrogens (primary N) is 1. The van der Waals surface area contributed by atoms with E-state index in [1.165, 1.54) is 12.8 Å². The van der Waals surface area contributed by atoms with Gasteiger partial charge < -0.3 is 10.5 Å². The maximum absolute atomic E-state index is 5.25. The van der Waals surface area contributed by atoms with Crippen molar-refractivity contribution >= 4 is 7.85 Å². The summed E-state index contributed by atoms with van der Waals surface area (Å²) in [6, 6.07) is 0. The van der Waals surface area contributed by atoms with E-state index in [0.717, 1.165) is 12.7 Å². The normalized spacial score (nSPS) is 11.6. The summed E-state index contributed by atoms with van der Waals surface area (Å²) in [5.74, 6) is 0. The highest BCUT2D eigenvalue weighted by molar-refractivity contribution is 6.08. The maximum Gasteiger partial charge on any atom is 0.104 e. The Bertz CT molecular complexity index is 56.1. The smallest absolute Gasteiger partial charge is 0.104 e. The van der Waals surface area contributed by atoms with E-state index in [4.69, 9.17) is 13.6 Å². The largest absolute Gasteiger partial charge is 0.367 e. The first-order chi connectivity index (χ1) is 5.22. The highest BCUT2D eigenvalue weighted by Gasteiger charge is 1.88. The van der Waals surface area contributed by atoms with Crippen LogP contribution in [0.1, 0.15) is 33.1 Å². The summed E-state index contributed by atoms with van der Waals surface area (Å²) in [7, 11) is 6.74. The first kappa shape index (κ1) is 13.6. The van der Waals surface area contributed by atoms with Crippen LogP contribution in [0.2, 0.25) is 6.32 Å². The van der Waals surface area contributed by atoms with Crippen LogP contribution in [-0.4, -0.2) is 21.2 Å². The zero-order valence-corrected chi connectivity index (χ0v) is 7.97. The molecule has 11 heavy (non-hydrogen) atoms. The minimum absolute atomic E-state index is 0.0648. The molecule has 0 aliphatic rings. The molecule has 0 bridgehead atoms. The van der Waals surface area contributed by atoms with Crippen LogP contribution in [-0.2, 0) is 4.74 Å². The Morgan fingerprint density at radius 1 is 1.45 bits per heavy atom. The van der Waals surface area contributed by atoms with E-state index in [2.05, 4.69) is 11.7 Å². The molecule has 0 saturated heterocycles. The van der Waals surface area contributed by atoms with Crippen molar-refractivity contribution in [3.63, 3.8) is 0 Å². The Morgan fingerprint density at radius 2 is 2.00 bits per heavy atom. The standard InChI is InChI=1S/C4H9B.C4H11NO/c1-2-3-4-5;1-3-4(5)6-2/h2-4H2,1H3;4H,3,5H2,1-2H3. The second-order valence-corrected chi connectivity index (χ2v) is 2.32. The summed E-state index contributed by atoms with van der Waals surface area (Å²) in [6.45, 7) is 4.11. The van der Waals surface area contributed by atoms with Crippen molar-refractivity contribution in [1.29, 1.82) is 0 Å². The van der Waals surface area contributed by atoms with Gasteiger partial charge in [-0.05, 0) is 6.42 Å². The molecule has 1 unspecified atom stereocenters. The van der Waals surface area contributed by atoms with Gasteiger partial charge in [0.15, 0.2) is 0 Å². The fraction of sp³-hybridized carbons (Fsp3) is 1.00. The van der Waals surface area contributed by atoms with E-state index in [0.29, 0.717) is 0 Å². The summed E-state index contributed by atoms with van der Waals surface area (Å²) in [4.78, 5) is 0. The number of unbranched alkanes of at least 4 members (excludes halogenated alkanes) is 1. The number of rotatable bonds is 4. The van der Waals surface area contributed by atoms with Gasteiger partial charge in [-0.1, -0.05) is 33.0 Å². The topological polar surface area (TPSA) is 35.2 Å². The molecule has 0 aliphatic carbocycles. The molecule has 0 spiro atoms. The Hall–Kier alpha value is -0.0151. The molecule has 2 nitrogen and oxygen atoms in total. The minimum atomic E-state index is -0.0648. The van der Waals surface area contributed by atoms with Gasteiger partial charge in [0.25, 0.3) is 0 Å². The molecule has 1 atom stereocenters. The first-order valence-electron chi connectivity index (χ1n) is 4.21. The molecule has 66 valence electrons. The van der Waals surface area contributed by atoms with Gasteiger partial charge in [0.05, 0.1) is 7.85 Å². The van der Waals surface area contributed by atoms with E-state index in [1.807, 2.05) is 6.92 Å². The van der Waals surface area contributed by atoms with E-state index in [1.54, 1.807) is 7.11 Å². The van der Waals surface area contributed by atoms with Gasteiger partial charge >= 0.3 is 0 Å². The summed E-state index contributed by atoms with van der Waals surface area (Å²) in [6.07, 6.45) is 4.05. The molecule has 0 aliphatic heterocycles.